The van der Waals surface area contributed by atoms with Gasteiger partial charge in [-0.05, 0) is 12.8 Å². The molecule has 1 unspecified atom stereocenters. The Kier molecular flexibility index (Phi) is 6.88. The van der Waals surface area contributed by atoms with Crippen molar-refractivity contribution in [2.45, 2.75) is 37.2 Å². The maximum absolute atomic E-state index is 11.8. The minimum Gasteiger partial charge on any atom is -0.215 e. The summed E-state index contributed by atoms with van der Waals surface area (Å²) >= 11 is 3.24. The Bertz CT molecular complexity index is 290. The number of hydrogen-bond donors (Lipinski definition) is 1. The Morgan fingerprint density at radius 1 is 1.38 bits per heavy atom. The quantitative estimate of drug-likeness (QED) is 0.731. The van der Waals surface area contributed by atoms with Gasteiger partial charge in [0.15, 0.2) is 0 Å². The molecule has 0 spiro atoms. The number of hydrogen-bond acceptors (Lipinski definition) is 2. The second-order valence-electron chi connectivity index (χ2n) is 3.50. The molecule has 1 N–H and O–H groups in total. The molecule has 0 saturated heterocycles. The smallest absolute Gasteiger partial charge is 0.215 e. The van der Waals surface area contributed by atoms with Crippen LogP contribution in [0.1, 0.15) is 26.2 Å². The minimum absolute atomic E-state index is 0.172. The molecule has 1 atom stereocenters. The van der Waals surface area contributed by atoms with Gasteiger partial charge in [-0.15, -0.1) is 0 Å². The van der Waals surface area contributed by atoms with Gasteiger partial charge in [0.2, 0.25) is 10.0 Å². The van der Waals surface area contributed by atoms with Gasteiger partial charge < -0.3 is 0 Å². The van der Waals surface area contributed by atoms with Crippen LogP contribution in [0.4, 0.5) is 13.2 Å². The van der Waals surface area contributed by atoms with Gasteiger partial charge in [-0.1, -0.05) is 22.9 Å². The van der Waals surface area contributed by atoms with E-state index in [9.17, 15) is 21.6 Å². The predicted octanol–water partition coefficient (Wildman–Crippen LogP) is 2.42. The molecule has 8 heteroatoms. The predicted molar refractivity (Wildman–Crippen MR) is 60.1 cm³/mol. The summed E-state index contributed by atoms with van der Waals surface area (Å²) < 4.78 is 60.0. The van der Waals surface area contributed by atoms with Gasteiger partial charge in [0.1, 0.15) is 0 Å². The summed E-state index contributed by atoms with van der Waals surface area (Å²) in [6.45, 7) is 2.10. The first-order chi connectivity index (χ1) is 7.12. The van der Waals surface area contributed by atoms with Crippen molar-refractivity contribution in [2.24, 2.45) is 0 Å². The maximum Gasteiger partial charge on any atom is 0.389 e. The largest absolute Gasteiger partial charge is 0.389 e. The summed E-state index contributed by atoms with van der Waals surface area (Å²) in [7, 11) is -3.57. The first kappa shape index (κ1) is 16.2. The molecule has 0 bridgehead atoms. The van der Waals surface area contributed by atoms with E-state index in [0.29, 0.717) is 6.42 Å². The molecule has 0 rings (SSSR count). The highest BCUT2D eigenvalue weighted by Gasteiger charge is 2.27. The monoisotopic (exact) mass is 325 g/mol. The fourth-order valence-electron chi connectivity index (χ4n) is 0.948. The van der Waals surface area contributed by atoms with E-state index in [1.165, 1.54) is 0 Å². The number of sulfonamides is 1. The lowest BCUT2D eigenvalue weighted by molar-refractivity contribution is -0.134. The van der Waals surface area contributed by atoms with Crippen LogP contribution >= 0.6 is 15.9 Å². The molecule has 0 aromatic carbocycles. The van der Waals surface area contributed by atoms with Crippen LogP contribution in [0.2, 0.25) is 0 Å². The van der Waals surface area contributed by atoms with Crippen molar-refractivity contribution < 1.29 is 21.6 Å². The van der Waals surface area contributed by atoms with E-state index in [4.69, 9.17) is 0 Å². The molecule has 0 heterocycles. The lowest BCUT2D eigenvalue weighted by atomic mass is 10.3. The van der Waals surface area contributed by atoms with Crippen molar-refractivity contribution in [3.8, 4) is 0 Å². The zero-order chi connectivity index (χ0) is 12.8. The van der Waals surface area contributed by atoms with Crippen molar-refractivity contribution in [3.63, 3.8) is 0 Å². The molecule has 0 aliphatic carbocycles. The fraction of sp³-hybridized carbons (Fsp3) is 1.00. The summed E-state index contributed by atoms with van der Waals surface area (Å²) in [6.07, 6.45) is -5.16. The highest BCUT2D eigenvalue weighted by atomic mass is 79.9. The van der Waals surface area contributed by atoms with Crippen LogP contribution < -0.4 is 4.72 Å². The van der Waals surface area contributed by atoms with Gasteiger partial charge in [0.25, 0.3) is 0 Å². The molecular weight excluding hydrogens is 311 g/mol. The van der Waals surface area contributed by atoms with Crippen LogP contribution in [0, 0.1) is 0 Å². The van der Waals surface area contributed by atoms with E-state index < -0.39 is 34.8 Å². The van der Waals surface area contributed by atoms with Gasteiger partial charge in [-0.3, -0.25) is 0 Å². The van der Waals surface area contributed by atoms with Gasteiger partial charge in [-0.2, -0.15) is 13.2 Å². The molecule has 3 nitrogen and oxygen atoms in total. The molecule has 0 radical (unpaired) electrons. The van der Waals surface area contributed by atoms with E-state index in [1.54, 1.807) is 0 Å². The van der Waals surface area contributed by atoms with Crippen molar-refractivity contribution in [3.05, 3.63) is 0 Å². The van der Waals surface area contributed by atoms with Crippen molar-refractivity contribution in [1.82, 2.24) is 4.72 Å². The van der Waals surface area contributed by atoms with E-state index in [2.05, 4.69) is 20.7 Å². The van der Waals surface area contributed by atoms with Crippen LogP contribution in [-0.4, -0.2) is 31.7 Å². The van der Waals surface area contributed by atoms with Gasteiger partial charge in [0.05, 0.1) is 5.75 Å². The minimum atomic E-state index is -4.29. The Labute approximate surface area is 102 Å². The highest BCUT2D eigenvalue weighted by Crippen LogP contribution is 2.21. The summed E-state index contributed by atoms with van der Waals surface area (Å²) in [5.41, 5.74) is 0. The maximum atomic E-state index is 11.8. The molecular formula is C8H15BrF3NO2S. The van der Waals surface area contributed by atoms with Crippen LogP contribution in [-0.2, 0) is 10.0 Å². The van der Waals surface area contributed by atoms with E-state index in [1.807, 2.05) is 6.92 Å². The second-order valence-corrected chi connectivity index (χ2v) is 6.99. The number of halogens is 4. The van der Waals surface area contributed by atoms with Gasteiger partial charge in [0, 0.05) is 17.8 Å². The van der Waals surface area contributed by atoms with Crippen LogP contribution in [0.15, 0.2) is 0 Å². The summed E-state index contributed by atoms with van der Waals surface area (Å²) in [5.74, 6) is -0.483. The Morgan fingerprint density at radius 2 is 1.94 bits per heavy atom. The molecule has 0 amide bonds. The first-order valence-electron chi connectivity index (χ1n) is 4.80. The van der Waals surface area contributed by atoms with Crippen molar-refractivity contribution in [1.29, 1.82) is 0 Å². The molecule has 0 fully saturated rings. The molecule has 0 aromatic rings. The SMILES string of the molecule is CC(Br)CCNS(=O)(=O)CCCC(F)(F)F. The Morgan fingerprint density at radius 3 is 2.38 bits per heavy atom. The third kappa shape index (κ3) is 10.7. The van der Waals surface area contributed by atoms with Crippen molar-refractivity contribution in [2.75, 3.05) is 12.3 Å². The zero-order valence-corrected chi connectivity index (χ0v) is 11.3. The van der Waals surface area contributed by atoms with Crippen LogP contribution in [0.5, 0.6) is 0 Å². The van der Waals surface area contributed by atoms with Gasteiger partial charge in [-0.25, -0.2) is 13.1 Å². The molecule has 16 heavy (non-hydrogen) atoms. The highest BCUT2D eigenvalue weighted by molar-refractivity contribution is 9.09. The third-order valence-corrected chi connectivity index (χ3v) is 3.67. The molecule has 0 aromatic heterocycles. The molecule has 98 valence electrons. The molecule has 0 aliphatic rings. The lowest BCUT2D eigenvalue weighted by Crippen LogP contribution is -2.28. The van der Waals surface area contributed by atoms with Crippen LogP contribution in [0.25, 0.3) is 0 Å². The van der Waals surface area contributed by atoms with Gasteiger partial charge >= 0.3 is 6.18 Å². The number of nitrogens with one attached hydrogen (secondary N) is 1. The third-order valence-electron chi connectivity index (χ3n) is 1.74. The standard InChI is InChI=1S/C8H15BrF3NO2S/c1-7(9)3-5-13-16(14,15)6-2-4-8(10,11)12/h7,13H,2-6H2,1H3. The zero-order valence-electron chi connectivity index (χ0n) is 8.85. The number of alkyl halides is 4. The van der Waals surface area contributed by atoms with Crippen molar-refractivity contribution >= 4 is 26.0 Å². The van der Waals surface area contributed by atoms with E-state index in [0.717, 1.165) is 0 Å². The van der Waals surface area contributed by atoms with Crippen LogP contribution in [0.3, 0.4) is 0 Å². The Hall–Kier alpha value is 0.180. The summed E-state index contributed by atoms with van der Waals surface area (Å²) in [4.78, 5) is 0.172. The topological polar surface area (TPSA) is 46.2 Å². The fourth-order valence-corrected chi connectivity index (χ4v) is 2.27. The Balaban J connectivity index is 3.80. The average molecular weight is 326 g/mol. The first-order valence-corrected chi connectivity index (χ1v) is 7.37. The summed E-state index contributed by atoms with van der Waals surface area (Å²) in [5, 5.41) is 0. The lowest BCUT2D eigenvalue weighted by Gasteiger charge is -2.08. The summed E-state index contributed by atoms with van der Waals surface area (Å²) in [6, 6.07) is 0. The molecule has 0 saturated carbocycles. The van der Waals surface area contributed by atoms with E-state index in [-0.39, 0.29) is 11.4 Å². The van der Waals surface area contributed by atoms with E-state index >= 15 is 0 Å². The number of rotatable bonds is 7. The second kappa shape index (κ2) is 6.80. The molecule has 0 aliphatic heterocycles. The average Bonchev–Trinajstić information content (AvgIpc) is 1.99. The normalized spacial score (nSPS) is 15.1.